The predicted molar refractivity (Wildman–Crippen MR) is 148 cm³/mol. The number of nitrogens with zero attached hydrogens (tertiary/aromatic N) is 1. The summed E-state index contributed by atoms with van der Waals surface area (Å²) >= 11 is 0. The molecule has 5 aliphatic carbocycles. The molecule has 41 heavy (non-hydrogen) atoms. The molecule has 0 aromatic heterocycles. The van der Waals surface area contributed by atoms with Gasteiger partial charge in [0.05, 0.1) is 30.5 Å². The standard InChI is InChI=1S/C32H45NO8/c1-6-33-15-30(16-37-2)13-12-20(38-3)31-19-14-18-23(41-29(35)17-10-8-7-9-11-17)21(19)32(36,28(34)24(18)39-4)22(27(31)33)25(40-5)26(30)31/h7-11,18-28,34,36H,6,12-16H2,1-5H3/t18?,19-,20+,21-,22+,23+,24-,25+,26-,27?,28+,30+,31+,32-/m1/s1. The first-order chi connectivity index (χ1) is 19.8. The monoisotopic (exact) mass is 571 g/mol. The first-order valence-corrected chi connectivity index (χ1v) is 15.3. The average Bonchev–Trinajstić information content (AvgIpc) is 3.42. The second-order valence-corrected chi connectivity index (χ2v) is 13.6. The van der Waals surface area contributed by atoms with Crippen molar-refractivity contribution >= 4 is 5.97 Å². The zero-order chi connectivity index (χ0) is 28.9. The van der Waals surface area contributed by atoms with E-state index in [4.69, 9.17) is 23.7 Å². The number of ether oxygens (including phenoxy) is 5. The van der Waals surface area contributed by atoms with Gasteiger partial charge < -0.3 is 33.9 Å². The minimum Gasteiger partial charge on any atom is -0.458 e. The zero-order valence-electron chi connectivity index (χ0n) is 24.8. The van der Waals surface area contributed by atoms with Crippen LogP contribution in [-0.2, 0) is 23.7 Å². The lowest BCUT2D eigenvalue weighted by Gasteiger charge is -2.69. The number of fused-ring (bicyclic) bond motifs is 2. The summed E-state index contributed by atoms with van der Waals surface area (Å²) in [6, 6.07) is 8.95. The number of hydrogen-bond donors (Lipinski definition) is 2. The molecule has 0 radical (unpaired) electrons. The molecule has 9 heteroatoms. The van der Waals surface area contributed by atoms with Crippen molar-refractivity contribution in [3.63, 3.8) is 0 Å². The predicted octanol–water partition coefficient (Wildman–Crippen LogP) is 1.99. The van der Waals surface area contributed by atoms with Crippen LogP contribution in [0.15, 0.2) is 30.3 Å². The summed E-state index contributed by atoms with van der Waals surface area (Å²) in [6.45, 7) is 4.44. The molecular weight excluding hydrogens is 526 g/mol. The van der Waals surface area contributed by atoms with Gasteiger partial charge in [0.1, 0.15) is 17.8 Å². The molecule has 14 atom stereocenters. The maximum atomic E-state index is 13.5. The van der Waals surface area contributed by atoms with E-state index < -0.39 is 41.7 Å². The third-order valence-electron chi connectivity index (χ3n) is 12.7. The Morgan fingerprint density at radius 1 is 1.02 bits per heavy atom. The van der Waals surface area contributed by atoms with Crippen molar-refractivity contribution in [1.29, 1.82) is 0 Å². The summed E-state index contributed by atoms with van der Waals surface area (Å²) in [5, 5.41) is 25.2. The molecule has 2 unspecified atom stereocenters. The van der Waals surface area contributed by atoms with Crippen LogP contribution in [0.25, 0.3) is 0 Å². The molecule has 0 amide bonds. The fourth-order valence-electron chi connectivity index (χ4n) is 11.9. The highest BCUT2D eigenvalue weighted by Gasteiger charge is 2.88. The highest BCUT2D eigenvalue weighted by Crippen LogP contribution is 2.79. The van der Waals surface area contributed by atoms with Crippen molar-refractivity contribution in [3.05, 3.63) is 35.9 Å². The van der Waals surface area contributed by atoms with Gasteiger partial charge in [-0.1, -0.05) is 25.1 Å². The van der Waals surface area contributed by atoms with Gasteiger partial charge in [0, 0.05) is 75.5 Å². The Morgan fingerprint density at radius 2 is 1.76 bits per heavy atom. The summed E-state index contributed by atoms with van der Waals surface area (Å²) in [5.41, 5.74) is -1.65. The Bertz CT molecular complexity index is 1170. The molecule has 1 aromatic carbocycles. The Labute approximate surface area is 242 Å². The van der Waals surface area contributed by atoms with E-state index in [1.165, 1.54) is 0 Å². The molecule has 7 bridgehead atoms. The molecule has 5 saturated carbocycles. The number of aliphatic hydroxyl groups is 2. The van der Waals surface area contributed by atoms with Gasteiger partial charge in [0.15, 0.2) is 0 Å². The fourth-order valence-corrected chi connectivity index (χ4v) is 11.9. The SMILES string of the molecule is CCN1C[C@]2(COC)CC[C@H](OC)[C@]34C1[C@H]([C@H](OC)[C@H]23)[C@]1(O)[C@@H]2[C@H]4CC([C@@H](OC)[C@@H]1O)[C@@H]2OC(=O)c1ccccc1. The van der Waals surface area contributed by atoms with Crippen LogP contribution in [-0.4, -0.2) is 111 Å². The van der Waals surface area contributed by atoms with Crippen LogP contribution in [0.1, 0.15) is 36.5 Å². The Hall–Kier alpha value is -1.59. The topological polar surface area (TPSA) is 107 Å². The number of likely N-dealkylation sites (tertiary alicyclic amines) is 1. The number of rotatable bonds is 8. The quantitative estimate of drug-likeness (QED) is 0.453. The number of carbonyl (C=O) groups is 1. The van der Waals surface area contributed by atoms with Crippen LogP contribution in [0.3, 0.4) is 0 Å². The number of aliphatic hydroxyl groups excluding tert-OH is 1. The van der Waals surface area contributed by atoms with Gasteiger partial charge in [-0.25, -0.2) is 4.79 Å². The zero-order valence-corrected chi connectivity index (χ0v) is 24.8. The lowest BCUT2D eigenvalue weighted by Crippen LogP contribution is -2.78. The Kier molecular flexibility index (Phi) is 6.68. The van der Waals surface area contributed by atoms with Crippen molar-refractivity contribution in [2.45, 2.75) is 68.3 Å². The van der Waals surface area contributed by atoms with Gasteiger partial charge in [0.25, 0.3) is 0 Å². The third kappa shape index (κ3) is 3.24. The highest BCUT2D eigenvalue weighted by molar-refractivity contribution is 5.89. The summed E-state index contributed by atoms with van der Waals surface area (Å²) in [6.07, 6.45) is -0.296. The van der Waals surface area contributed by atoms with E-state index in [1.54, 1.807) is 33.5 Å². The van der Waals surface area contributed by atoms with Gasteiger partial charge in [-0.2, -0.15) is 0 Å². The van der Waals surface area contributed by atoms with E-state index in [1.807, 2.05) is 25.3 Å². The Morgan fingerprint density at radius 3 is 2.39 bits per heavy atom. The molecule has 1 saturated heterocycles. The van der Waals surface area contributed by atoms with Gasteiger partial charge in [-0.05, 0) is 43.9 Å². The van der Waals surface area contributed by atoms with Gasteiger partial charge in [-0.3, -0.25) is 4.90 Å². The van der Waals surface area contributed by atoms with Crippen LogP contribution in [0.5, 0.6) is 0 Å². The van der Waals surface area contributed by atoms with Gasteiger partial charge >= 0.3 is 5.97 Å². The number of esters is 1. The molecule has 1 aliphatic heterocycles. The minimum absolute atomic E-state index is 0.0570. The first kappa shape index (κ1) is 28.2. The van der Waals surface area contributed by atoms with E-state index in [0.29, 0.717) is 18.6 Å². The molecule has 1 aromatic rings. The maximum absolute atomic E-state index is 13.5. The van der Waals surface area contributed by atoms with Crippen LogP contribution >= 0.6 is 0 Å². The lowest BCUT2D eigenvalue weighted by molar-refractivity contribution is -0.299. The van der Waals surface area contributed by atoms with E-state index in [-0.39, 0.29) is 46.8 Å². The average molecular weight is 572 g/mol. The van der Waals surface area contributed by atoms with Crippen molar-refractivity contribution < 1.29 is 38.7 Å². The number of hydrogen-bond acceptors (Lipinski definition) is 9. The third-order valence-corrected chi connectivity index (χ3v) is 12.7. The van der Waals surface area contributed by atoms with Crippen molar-refractivity contribution in [3.8, 4) is 0 Å². The van der Waals surface area contributed by atoms with Crippen LogP contribution in [0.4, 0.5) is 0 Å². The number of methoxy groups -OCH3 is 4. The van der Waals surface area contributed by atoms with Gasteiger partial charge in [-0.15, -0.1) is 0 Å². The largest absolute Gasteiger partial charge is 0.458 e. The van der Waals surface area contributed by atoms with E-state index in [9.17, 15) is 15.0 Å². The molecule has 1 spiro atoms. The lowest BCUT2D eigenvalue weighted by atomic mass is 9.43. The summed E-state index contributed by atoms with van der Waals surface area (Å²) in [4.78, 5) is 16.0. The molecule has 226 valence electrons. The van der Waals surface area contributed by atoms with E-state index >= 15 is 0 Å². The molecule has 6 aliphatic rings. The second-order valence-electron chi connectivity index (χ2n) is 13.6. The molecule has 1 heterocycles. The van der Waals surface area contributed by atoms with Crippen LogP contribution in [0.2, 0.25) is 0 Å². The molecule has 9 nitrogen and oxygen atoms in total. The molecule has 7 rings (SSSR count). The molecular formula is C32H45NO8. The fraction of sp³-hybridized carbons (Fsp3) is 0.781. The molecule has 6 fully saturated rings. The first-order valence-electron chi connectivity index (χ1n) is 15.3. The van der Waals surface area contributed by atoms with Crippen molar-refractivity contribution in [2.75, 3.05) is 48.1 Å². The molecule has 2 N–H and O–H groups in total. The number of carbonyl (C=O) groups excluding carboxylic acids is 1. The maximum Gasteiger partial charge on any atom is 0.338 e. The smallest absolute Gasteiger partial charge is 0.338 e. The van der Waals surface area contributed by atoms with Crippen molar-refractivity contribution in [1.82, 2.24) is 4.90 Å². The summed E-state index contributed by atoms with van der Waals surface area (Å²) in [7, 11) is 6.91. The highest BCUT2D eigenvalue weighted by atomic mass is 16.6. The van der Waals surface area contributed by atoms with Crippen LogP contribution < -0.4 is 0 Å². The summed E-state index contributed by atoms with van der Waals surface area (Å²) in [5.74, 6) is -1.56. The van der Waals surface area contributed by atoms with E-state index in [2.05, 4.69) is 11.8 Å². The van der Waals surface area contributed by atoms with Crippen LogP contribution in [0, 0.1) is 40.4 Å². The Balaban J connectivity index is 1.44. The van der Waals surface area contributed by atoms with Crippen molar-refractivity contribution in [2.24, 2.45) is 40.4 Å². The normalized spacial score (nSPS) is 51.0. The van der Waals surface area contributed by atoms with E-state index in [0.717, 1.165) is 25.9 Å². The number of piperidine rings is 1. The van der Waals surface area contributed by atoms with Gasteiger partial charge in [0.2, 0.25) is 0 Å². The second kappa shape index (κ2) is 9.71. The number of benzene rings is 1. The summed E-state index contributed by atoms with van der Waals surface area (Å²) < 4.78 is 31.2. The minimum atomic E-state index is -1.58.